The molecule has 5 nitrogen and oxygen atoms in total. The average molecular weight is 272 g/mol. The summed E-state index contributed by atoms with van der Waals surface area (Å²) in [6, 6.07) is 2.00. The number of rotatable bonds is 3. The molecule has 1 fully saturated rings. The van der Waals surface area contributed by atoms with Gasteiger partial charge in [-0.2, -0.15) is 0 Å². The largest absolute Gasteiger partial charge is 0.465 e. The van der Waals surface area contributed by atoms with E-state index in [9.17, 15) is 8.42 Å². The molecule has 102 valence electrons. The van der Waals surface area contributed by atoms with E-state index in [2.05, 4.69) is 4.90 Å². The molecular weight excluding hydrogens is 252 g/mol. The Morgan fingerprint density at radius 2 is 2.28 bits per heavy atom. The number of furan rings is 1. The number of hydrogen-bond acceptors (Lipinski definition) is 5. The van der Waals surface area contributed by atoms with E-state index in [0.29, 0.717) is 19.6 Å². The van der Waals surface area contributed by atoms with Crippen molar-refractivity contribution in [3.8, 4) is 0 Å². The third-order valence-electron chi connectivity index (χ3n) is 3.46. The van der Waals surface area contributed by atoms with E-state index in [1.165, 1.54) is 0 Å². The van der Waals surface area contributed by atoms with Gasteiger partial charge in [0.2, 0.25) is 0 Å². The molecule has 6 heteroatoms. The average Bonchev–Trinajstić information content (AvgIpc) is 2.62. The van der Waals surface area contributed by atoms with Crippen LogP contribution >= 0.6 is 0 Å². The van der Waals surface area contributed by atoms with E-state index >= 15 is 0 Å². The summed E-state index contributed by atoms with van der Waals surface area (Å²) in [7, 11) is -2.86. The summed E-state index contributed by atoms with van der Waals surface area (Å²) in [6.45, 7) is 5.53. The molecule has 1 unspecified atom stereocenters. The summed E-state index contributed by atoms with van der Waals surface area (Å²) in [5, 5.41) is 0. The Labute approximate surface area is 108 Å². The highest BCUT2D eigenvalue weighted by Gasteiger charge is 2.28. The van der Waals surface area contributed by atoms with Gasteiger partial charge in [0.1, 0.15) is 11.5 Å². The Balaban J connectivity index is 2.05. The van der Waals surface area contributed by atoms with Crippen molar-refractivity contribution in [1.29, 1.82) is 0 Å². The number of hydrogen-bond donors (Lipinski definition) is 1. The molecular formula is C12H20N2O3S. The summed E-state index contributed by atoms with van der Waals surface area (Å²) in [6.07, 6.45) is 0. The van der Waals surface area contributed by atoms with Crippen molar-refractivity contribution < 1.29 is 12.8 Å². The van der Waals surface area contributed by atoms with Crippen LogP contribution < -0.4 is 5.73 Å². The van der Waals surface area contributed by atoms with Gasteiger partial charge in [-0.15, -0.1) is 0 Å². The lowest BCUT2D eigenvalue weighted by atomic mass is 10.2. The van der Waals surface area contributed by atoms with E-state index in [0.717, 1.165) is 17.1 Å². The van der Waals surface area contributed by atoms with E-state index in [1.54, 1.807) is 0 Å². The topological polar surface area (TPSA) is 76.5 Å². The van der Waals surface area contributed by atoms with Crippen LogP contribution in [0.3, 0.4) is 0 Å². The molecule has 1 saturated heterocycles. The minimum atomic E-state index is -2.86. The SMILES string of the molecule is Cc1oc(CN2CCS(=O)(=O)CC2C)cc1CN. The summed E-state index contributed by atoms with van der Waals surface area (Å²) in [5.41, 5.74) is 6.62. The molecule has 18 heavy (non-hydrogen) atoms. The fourth-order valence-electron chi connectivity index (χ4n) is 2.34. The monoisotopic (exact) mass is 272 g/mol. The van der Waals surface area contributed by atoms with Gasteiger partial charge in [0.05, 0.1) is 18.1 Å². The molecule has 0 aromatic carbocycles. The van der Waals surface area contributed by atoms with Crippen molar-refractivity contribution in [2.24, 2.45) is 5.73 Å². The zero-order valence-corrected chi connectivity index (χ0v) is 11.7. The summed E-state index contributed by atoms with van der Waals surface area (Å²) < 4.78 is 28.6. The first-order valence-corrected chi connectivity index (χ1v) is 7.96. The summed E-state index contributed by atoms with van der Waals surface area (Å²) in [5.74, 6) is 2.18. The van der Waals surface area contributed by atoms with Crippen LogP contribution in [0.5, 0.6) is 0 Å². The fraction of sp³-hybridized carbons (Fsp3) is 0.667. The van der Waals surface area contributed by atoms with Gasteiger partial charge in [0.25, 0.3) is 0 Å². The Morgan fingerprint density at radius 1 is 1.56 bits per heavy atom. The van der Waals surface area contributed by atoms with Gasteiger partial charge in [-0.25, -0.2) is 8.42 Å². The Bertz CT molecular complexity index is 521. The molecule has 0 aliphatic carbocycles. The zero-order valence-electron chi connectivity index (χ0n) is 10.8. The standard InChI is InChI=1S/C12H20N2O3S/c1-9-8-18(15,16)4-3-14(9)7-12-5-11(6-13)10(2)17-12/h5,9H,3-4,6-8,13H2,1-2H3. The number of aryl methyl sites for hydroxylation is 1. The third kappa shape index (κ3) is 2.93. The Kier molecular flexibility index (Phi) is 3.79. The maximum Gasteiger partial charge on any atom is 0.153 e. The third-order valence-corrected chi connectivity index (χ3v) is 5.25. The van der Waals surface area contributed by atoms with Crippen molar-refractivity contribution in [3.63, 3.8) is 0 Å². The van der Waals surface area contributed by atoms with Gasteiger partial charge in [0.15, 0.2) is 9.84 Å². The Morgan fingerprint density at radius 3 is 2.83 bits per heavy atom. The first-order valence-electron chi connectivity index (χ1n) is 6.14. The molecule has 0 bridgehead atoms. The molecule has 0 spiro atoms. The lowest BCUT2D eigenvalue weighted by molar-refractivity contribution is 0.200. The predicted octanol–water partition coefficient (Wildman–Crippen LogP) is 0.666. The van der Waals surface area contributed by atoms with E-state index in [-0.39, 0.29) is 17.5 Å². The highest BCUT2D eigenvalue weighted by Crippen LogP contribution is 2.19. The second-order valence-corrected chi connectivity index (χ2v) is 7.16. The highest BCUT2D eigenvalue weighted by atomic mass is 32.2. The molecule has 1 aliphatic rings. The van der Waals surface area contributed by atoms with Crippen LogP contribution in [0.4, 0.5) is 0 Å². The normalized spacial score (nSPS) is 24.3. The minimum absolute atomic E-state index is 0.0375. The van der Waals surface area contributed by atoms with Crippen LogP contribution in [0.15, 0.2) is 10.5 Å². The van der Waals surface area contributed by atoms with Gasteiger partial charge in [-0.1, -0.05) is 0 Å². The van der Waals surface area contributed by atoms with Crippen LogP contribution in [0.2, 0.25) is 0 Å². The van der Waals surface area contributed by atoms with E-state index in [4.69, 9.17) is 10.2 Å². The maximum absolute atomic E-state index is 11.5. The predicted molar refractivity (Wildman–Crippen MR) is 69.9 cm³/mol. The molecule has 2 rings (SSSR count). The molecule has 2 N–H and O–H groups in total. The van der Waals surface area contributed by atoms with Crippen molar-refractivity contribution in [2.45, 2.75) is 33.0 Å². The number of sulfone groups is 1. The quantitative estimate of drug-likeness (QED) is 0.875. The Hall–Kier alpha value is -0.850. The smallest absolute Gasteiger partial charge is 0.153 e. The van der Waals surface area contributed by atoms with E-state index < -0.39 is 9.84 Å². The van der Waals surface area contributed by atoms with Gasteiger partial charge in [0, 0.05) is 24.7 Å². The maximum atomic E-state index is 11.5. The molecule has 1 aromatic heterocycles. The van der Waals surface area contributed by atoms with Crippen LogP contribution in [-0.4, -0.2) is 37.4 Å². The summed E-state index contributed by atoms with van der Waals surface area (Å²) >= 11 is 0. The molecule has 1 aliphatic heterocycles. The first kappa shape index (κ1) is 13.6. The molecule has 0 radical (unpaired) electrons. The minimum Gasteiger partial charge on any atom is -0.465 e. The fourth-order valence-corrected chi connectivity index (χ4v) is 3.96. The van der Waals surface area contributed by atoms with E-state index in [1.807, 2.05) is 19.9 Å². The summed E-state index contributed by atoms with van der Waals surface area (Å²) in [4.78, 5) is 2.14. The van der Waals surface area contributed by atoms with Crippen molar-refractivity contribution >= 4 is 9.84 Å². The molecule has 1 atom stereocenters. The van der Waals surface area contributed by atoms with Gasteiger partial charge in [-0.05, 0) is 19.9 Å². The molecule has 2 heterocycles. The second-order valence-electron chi connectivity index (χ2n) is 4.93. The van der Waals surface area contributed by atoms with Crippen LogP contribution in [0.1, 0.15) is 24.0 Å². The molecule has 0 saturated carbocycles. The van der Waals surface area contributed by atoms with Crippen molar-refractivity contribution in [2.75, 3.05) is 18.1 Å². The van der Waals surface area contributed by atoms with Gasteiger partial charge >= 0.3 is 0 Å². The molecule has 1 aromatic rings. The lowest BCUT2D eigenvalue weighted by Gasteiger charge is -2.32. The van der Waals surface area contributed by atoms with Gasteiger partial charge < -0.3 is 10.2 Å². The van der Waals surface area contributed by atoms with Crippen molar-refractivity contribution in [1.82, 2.24) is 4.90 Å². The zero-order chi connectivity index (χ0) is 13.3. The second kappa shape index (κ2) is 5.03. The highest BCUT2D eigenvalue weighted by molar-refractivity contribution is 7.91. The first-order chi connectivity index (χ1) is 8.41. The number of nitrogens with zero attached hydrogens (tertiary/aromatic N) is 1. The van der Waals surface area contributed by atoms with Crippen LogP contribution in [0.25, 0.3) is 0 Å². The number of nitrogens with two attached hydrogens (primary N) is 1. The van der Waals surface area contributed by atoms with Gasteiger partial charge in [-0.3, -0.25) is 4.90 Å². The lowest BCUT2D eigenvalue weighted by Crippen LogP contribution is -2.46. The molecule has 0 amide bonds. The van der Waals surface area contributed by atoms with Crippen molar-refractivity contribution in [3.05, 3.63) is 23.2 Å². The van der Waals surface area contributed by atoms with Crippen LogP contribution in [0, 0.1) is 6.92 Å². The van der Waals surface area contributed by atoms with Crippen LogP contribution in [-0.2, 0) is 22.9 Å².